The Labute approximate surface area is 240 Å². The molecule has 0 spiro atoms. The number of hydrogen-bond acceptors (Lipinski definition) is 6. The molecule has 0 bridgehead atoms. The molecule has 5 rings (SSSR count). The van der Waals surface area contributed by atoms with Crippen molar-refractivity contribution in [2.45, 2.75) is 91.4 Å². The van der Waals surface area contributed by atoms with Crippen molar-refractivity contribution in [3.8, 4) is 0 Å². The predicted octanol–water partition coefficient (Wildman–Crippen LogP) is 3.78. The molecule has 5 heterocycles. The van der Waals surface area contributed by atoms with Crippen LogP contribution < -0.4 is 16.2 Å². The zero-order valence-corrected chi connectivity index (χ0v) is 25.1. The molecule has 2 aliphatic rings. The third-order valence-electron chi connectivity index (χ3n) is 8.14. The van der Waals surface area contributed by atoms with Crippen molar-refractivity contribution in [1.82, 2.24) is 35.3 Å². The number of H-pyrrole nitrogens is 1. The molecule has 41 heavy (non-hydrogen) atoms. The van der Waals surface area contributed by atoms with Crippen LogP contribution in [0.15, 0.2) is 29.2 Å². The number of aromatic amines is 1. The van der Waals surface area contributed by atoms with E-state index in [1.165, 1.54) is 0 Å². The molecule has 0 saturated carbocycles. The maximum absolute atomic E-state index is 13.8. The Balaban J connectivity index is 1.55. The van der Waals surface area contributed by atoms with Crippen molar-refractivity contribution in [2.24, 2.45) is 0 Å². The van der Waals surface area contributed by atoms with Gasteiger partial charge in [0.1, 0.15) is 0 Å². The molecular formula is C31H41N7O3. The first-order chi connectivity index (χ1) is 19.2. The number of carbonyl (C=O) groups is 2. The van der Waals surface area contributed by atoms with Crippen molar-refractivity contribution >= 4 is 28.4 Å². The molecule has 2 amide bonds. The Morgan fingerprint density at radius 3 is 2.46 bits per heavy atom. The fourth-order valence-electron chi connectivity index (χ4n) is 6.51. The summed E-state index contributed by atoms with van der Waals surface area (Å²) < 4.78 is 1.93. The maximum Gasteiger partial charge on any atom is 0.253 e. The van der Waals surface area contributed by atoms with Crippen molar-refractivity contribution in [3.05, 3.63) is 62.8 Å². The molecule has 0 atom stereocenters. The SMILES string of the molecule is CC(=O)N1CCC(n2ncc3c(C(=O)NCc4c(C)cc(C)[nH]c4=O)cc(C4=CC(C)(C)NC(C)(C)C4)nc32)CC1. The second-order valence-corrected chi connectivity index (χ2v) is 12.8. The number of aryl methyl sites for hydroxylation is 2. The molecule has 1 saturated heterocycles. The largest absolute Gasteiger partial charge is 0.348 e. The van der Waals surface area contributed by atoms with Gasteiger partial charge in [0.2, 0.25) is 5.91 Å². The number of aromatic nitrogens is 4. The molecule has 218 valence electrons. The number of nitrogens with zero attached hydrogens (tertiary/aromatic N) is 4. The standard InChI is InChI=1S/C31H41N7O3/c1-18-12-19(2)34-29(41)24(18)16-32-28(40)23-13-26(21-14-30(4,5)36-31(6,7)15-21)35-27-25(23)17-33-38(27)22-8-10-37(11-9-22)20(3)39/h12-14,17,22,36H,8-11,15-16H2,1-7H3,(H,32,40)(H,34,41). The van der Waals surface area contributed by atoms with Gasteiger partial charge in [-0.05, 0) is 84.1 Å². The van der Waals surface area contributed by atoms with Crippen LogP contribution >= 0.6 is 0 Å². The molecule has 3 N–H and O–H groups in total. The first-order valence-corrected chi connectivity index (χ1v) is 14.4. The fourth-order valence-corrected chi connectivity index (χ4v) is 6.51. The Morgan fingerprint density at radius 1 is 1.12 bits per heavy atom. The van der Waals surface area contributed by atoms with Crippen LogP contribution in [-0.2, 0) is 11.3 Å². The van der Waals surface area contributed by atoms with Crippen molar-refractivity contribution in [2.75, 3.05) is 13.1 Å². The number of amides is 2. The van der Waals surface area contributed by atoms with Crippen LogP contribution in [0, 0.1) is 13.8 Å². The Hall–Kier alpha value is -3.79. The summed E-state index contributed by atoms with van der Waals surface area (Å²) in [6.45, 7) is 15.4. The molecule has 3 aromatic heterocycles. The molecular weight excluding hydrogens is 518 g/mol. The summed E-state index contributed by atoms with van der Waals surface area (Å²) in [6, 6.07) is 3.84. The molecule has 10 heteroatoms. The summed E-state index contributed by atoms with van der Waals surface area (Å²) >= 11 is 0. The van der Waals surface area contributed by atoms with Crippen LogP contribution in [0.2, 0.25) is 0 Å². The second-order valence-electron chi connectivity index (χ2n) is 12.8. The molecule has 0 aliphatic carbocycles. The van der Waals surface area contributed by atoms with Gasteiger partial charge in [-0.3, -0.25) is 14.4 Å². The first-order valence-electron chi connectivity index (χ1n) is 14.4. The van der Waals surface area contributed by atoms with Gasteiger partial charge in [-0.25, -0.2) is 9.67 Å². The van der Waals surface area contributed by atoms with Gasteiger partial charge in [-0.2, -0.15) is 5.10 Å². The predicted molar refractivity (Wildman–Crippen MR) is 160 cm³/mol. The Kier molecular flexibility index (Phi) is 7.40. The number of pyridine rings is 2. The second kappa shape index (κ2) is 10.6. The van der Waals surface area contributed by atoms with Crippen molar-refractivity contribution in [1.29, 1.82) is 0 Å². The summed E-state index contributed by atoms with van der Waals surface area (Å²) in [6.07, 6.45) is 6.19. The van der Waals surface area contributed by atoms with Crippen LogP contribution in [0.5, 0.6) is 0 Å². The molecule has 0 radical (unpaired) electrons. The van der Waals surface area contributed by atoms with E-state index in [0.29, 0.717) is 35.2 Å². The van der Waals surface area contributed by atoms with E-state index in [-0.39, 0.29) is 41.0 Å². The van der Waals surface area contributed by atoms with Gasteiger partial charge in [0, 0.05) is 48.9 Å². The third kappa shape index (κ3) is 5.98. The normalized spacial score (nSPS) is 18.8. The van der Waals surface area contributed by atoms with Gasteiger partial charge in [-0.15, -0.1) is 0 Å². The van der Waals surface area contributed by atoms with Crippen LogP contribution in [0.25, 0.3) is 16.6 Å². The average Bonchev–Trinajstić information content (AvgIpc) is 3.29. The number of nitrogens with one attached hydrogen (secondary N) is 3. The number of likely N-dealkylation sites (tertiary alicyclic amines) is 1. The highest BCUT2D eigenvalue weighted by molar-refractivity contribution is 6.06. The third-order valence-corrected chi connectivity index (χ3v) is 8.14. The maximum atomic E-state index is 13.8. The van der Waals surface area contributed by atoms with E-state index in [1.54, 1.807) is 13.1 Å². The van der Waals surface area contributed by atoms with Gasteiger partial charge in [0.15, 0.2) is 5.65 Å². The number of piperidine rings is 1. The summed E-state index contributed by atoms with van der Waals surface area (Å²) in [7, 11) is 0. The minimum Gasteiger partial charge on any atom is -0.348 e. The molecule has 0 unspecified atom stereocenters. The fraction of sp³-hybridized carbons (Fsp3) is 0.516. The quantitative estimate of drug-likeness (QED) is 0.437. The van der Waals surface area contributed by atoms with Gasteiger partial charge in [-0.1, -0.05) is 6.08 Å². The zero-order chi connectivity index (χ0) is 29.7. The summed E-state index contributed by atoms with van der Waals surface area (Å²) in [4.78, 5) is 48.0. The van der Waals surface area contributed by atoms with Gasteiger partial charge < -0.3 is 20.5 Å². The zero-order valence-electron chi connectivity index (χ0n) is 25.1. The number of rotatable bonds is 5. The van der Waals surface area contributed by atoms with E-state index in [2.05, 4.69) is 49.4 Å². The van der Waals surface area contributed by atoms with Gasteiger partial charge in [0.25, 0.3) is 11.5 Å². The van der Waals surface area contributed by atoms with E-state index < -0.39 is 0 Å². The van der Waals surface area contributed by atoms with Crippen LogP contribution in [0.4, 0.5) is 0 Å². The van der Waals surface area contributed by atoms with Crippen LogP contribution in [0.1, 0.15) is 92.8 Å². The monoisotopic (exact) mass is 559 g/mol. The minimum atomic E-state index is -0.281. The number of carbonyl (C=O) groups excluding carboxylic acids is 2. The molecule has 10 nitrogen and oxygen atoms in total. The Bertz CT molecular complexity index is 1600. The van der Waals surface area contributed by atoms with Gasteiger partial charge in [0.05, 0.1) is 28.9 Å². The van der Waals surface area contributed by atoms with E-state index in [0.717, 1.165) is 41.8 Å². The van der Waals surface area contributed by atoms with Gasteiger partial charge >= 0.3 is 0 Å². The molecule has 1 fully saturated rings. The minimum absolute atomic E-state index is 0.0745. The van der Waals surface area contributed by atoms with E-state index in [1.807, 2.05) is 35.6 Å². The van der Waals surface area contributed by atoms with Crippen LogP contribution in [-0.4, -0.2) is 60.6 Å². The highest BCUT2D eigenvalue weighted by atomic mass is 16.2. The summed E-state index contributed by atoms with van der Waals surface area (Å²) in [5.74, 6) is -0.198. The lowest BCUT2D eigenvalue weighted by Crippen LogP contribution is -2.53. The highest BCUT2D eigenvalue weighted by Crippen LogP contribution is 2.35. The number of hydrogen-bond donors (Lipinski definition) is 3. The van der Waals surface area contributed by atoms with E-state index in [4.69, 9.17) is 10.1 Å². The smallest absolute Gasteiger partial charge is 0.253 e. The Morgan fingerprint density at radius 2 is 1.83 bits per heavy atom. The molecule has 0 aromatic carbocycles. The molecule has 2 aliphatic heterocycles. The summed E-state index contributed by atoms with van der Waals surface area (Å²) in [5, 5.41) is 12.0. The lowest BCUT2D eigenvalue weighted by Gasteiger charge is -2.41. The topological polar surface area (TPSA) is 125 Å². The summed E-state index contributed by atoms with van der Waals surface area (Å²) in [5.41, 5.74) is 4.51. The van der Waals surface area contributed by atoms with E-state index >= 15 is 0 Å². The number of fused-ring (bicyclic) bond motifs is 1. The first kappa shape index (κ1) is 28.7. The highest BCUT2D eigenvalue weighted by Gasteiger charge is 2.34. The van der Waals surface area contributed by atoms with Crippen LogP contribution in [0.3, 0.4) is 0 Å². The lowest BCUT2D eigenvalue weighted by molar-refractivity contribution is -0.130. The van der Waals surface area contributed by atoms with Crippen molar-refractivity contribution < 1.29 is 9.59 Å². The lowest BCUT2D eigenvalue weighted by atomic mass is 9.82. The van der Waals surface area contributed by atoms with E-state index in [9.17, 15) is 14.4 Å². The average molecular weight is 560 g/mol. The van der Waals surface area contributed by atoms with Crippen molar-refractivity contribution in [3.63, 3.8) is 0 Å². The molecule has 3 aromatic rings.